The van der Waals surface area contributed by atoms with Crippen molar-refractivity contribution in [2.24, 2.45) is 11.8 Å². The topological polar surface area (TPSA) is 105 Å². The molecule has 1 fully saturated rings. The average Bonchev–Trinajstić information content (AvgIpc) is 3.30. The van der Waals surface area contributed by atoms with Gasteiger partial charge in [0.05, 0.1) is 12.1 Å². The molecule has 2 heterocycles. The van der Waals surface area contributed by atoms with Gasteiger partial charge in [0, 0.05) is 12.6 Å². The Balaban J connectivity index is 2.16. The minimum Gasteiger partial charge on any atom is -0.361 e. The van der Waals surface area contributed by atoms with Crippen molar-refractivity contribution >= 4 is 17.7 Å². The molecule has 186 valence electrons. The van der Waals surface area contributed by atoms with Gasteiger partial charge in [0.25, 0.3) is 5.91 Å². The van der Waals surface area contributed by atoms with E-state index in [2.05, 4.69) is 15.8 Å². The third-order valence-corrected chi connectivity index (χ3v) is 5.90. The number of hydrogen-bond donors (Lipinski definition) is 2. The van der Waals surface area contributed by atoms with Crippen LogP contribution < -0.4 is 10.6 Å². The summed E-state index contributed by atoms with van der Waals surface area (Å²) >= 11 is 0. The van der Waals surface area contributed by atoms with Gasteiger partial charge in [-0.2, -0.15) is 13.2 Å². The Hall–Kier alpha value is -2.59. The van der Waals surface area contributed by atoms with Crippen LogP contribution in [0.4, 0.5) is 13.2 Å². The molecule has 0 saturated carbocycles. The van der Waals surface area contributed by atoms with E-state index in [9.17, 15) is 27.6 Å². The van der Waals surface area contributed by atoms with Crippen molar-refractivity contribution in [3.05, 3.63) is 17.0 Å². The van der Waals surface area contributed by atoms with E-state index >= 15 is 0 Å². The zero-order chi connectivity index (χ0) is 25.1. The van der Waals surface area contributed by atoms with Gasteiger partial charge in [-0.3, -0.25) is 14.4 Å². The van der Waals surface area contributed by atoms with Crippen LogP contribution in [-0.2, 0) is 9.59 Å². The number of amides is 3. The van der Waals surface area contributed by atoms with E-state index in [0.29, 0.717) is 24.3 Å². The van der Waals surface area contributed by atoms with Gasteiger partial charge in [-0.25, -0.2) is 0 Å². The number of carbonyl (C=O) groups is 3. The van der Waals surface area contributed by atoms with Crippen molar-refractivity contribution in [2.45, 2.75) is 85.1 Å². The Morgan fingerprint density at radius 3 is 2.24 bits per heavy atom. The number of carbonyl (C=O) groups excluding carboxylic acids is 3. The van der Waals surface area contributed by atoms with Gasteiger partial charge in [0.2, 0.25) is 11.8 Å². The van der Waals surface area contributed by atoms with Crippen molar-refractivity contribution in [2.75, 3.05) is 6.54 Å². The molecular formula is C22H33F3N4O4. The Bertz CT molecular complexity index is 847. The minimum atomic E-state index is -4.42. The molecule has 1 aliphatic rings. The van der Waals surface area contributed by atoms with Crippen LogP contribution in [0, 0.1) is 25.7 Å². The van der Waals surface area contributed by atoms with Crippen molar-refractivity contribution in [3.63, 3.8) is 0 Å². The summed E-state index contributed by atoms with van der Waals surface area (Å²) in [6.45, 7) is 10.2. The van der Waals surface area contributed by atoms with Crippen molar-refractivity contribution in [1.82, 2.24) is 20.7 Å². The molecule has 1 aromatic heterocycles. The van der Waals surface area contributed by atoms with Crippen LogP contribution in [0.3, 0.4) is 0 Å². The Morgan fingerprint density at radius 2 is 1.76 bits per heavy atom. The summed E-state index contributed by atoms with van der Waals surface area (Å²) in [5, 5.41) is 8.95. The van der Waals surface area contributed by atoms with Crippen molar-refractivity contribution in [1.29, 1.82) is 0 Å². The van der Waals surface area contributed by atoms with E-state index in [1.165, 1.54) is 4.90 Å². The average molecular weight is 475 g/mol. The first-order chi connectivity index (χ1) is 15.2. The summed E-state index contributed by atoms with van der Waals surface area (Å²) in [6.07, 6.45) is -4.67. The molecular weight excluding hydrogens is 441 g/mol. The monoisotopic (exact) mass is 474 g/mol. The lowest BCUT2D eigenvalue weighted by Gasteiger charge is -2.32. The van der Waals surface area contributed by atoms with Crippen LogP contribution >= 0.6 is 0 Å². The summed E-state index contributed by atoms with van der Waals surface area (Å²) in [4.78, 5) is 40.4. The molecule has 3 atom stereocenters. The Morgan fingerprint density at radius 1 is 1.12 bits per heavy atom. The molecule has 2 rings (SSSR count). The molecule has 0 radical (unpaired) electrons. The van der Waals surface area contributed by atoms with Crippen LogP contribution in [0.25, 0.3) is 0 Å². The molecule has 8 nitrogen and oxygen atoms in total. The van der Waals surface area contributed by atoms with Crippen LogP contribution in [0.15, 0.2) is 4.52 Å². The maximum atomic E-state index is 13.3. The SMILES string of the molecule is Cc1noc(C)c1C(=O)N[C@H](C(=O)N1CCC[C@H]1C(=O)N[C@H](CC(F)(F)F)C(C)C)C(C)C. The number of nitrogens with one attached hydrogen (secondary N) is 2. The quantitative estimate of drug-likeness (QED) is 0.602. The van der Waals surface area contributed by atoms with Crippen molar-refractivity contribution in [3.8, 4) is 0 Å². The van der Waals surface area contributed by atoms with Gasteiger partial charge in [0.1, 0.15) is 23.4 Å². The summed E-state index contributed by atoms with van der Waals surface area (Å²) < 4.78 is 43.8. The normalized spacial score (nSPS) is 18.5. The van der Waals surface area contributed by atoms with Crippen LogP contribution in [0.5, 0.6) is 0 Å². The molecule has 1 aliphatic heterocycles. The lowest BCUT2D eigenvalue weighted by Crippen LogP contribution is -2.56. The fourth-order valence-corrected chi connectivity index (χ4v) is 4.00. The summed E-state index contributed by atoms with van der Waals surface area (Å²) in [6, 6.07) is -2.89. The highest BCUT2D eigenvalue weighted by Crippen LogP contribution is 2.26. The smallest absolute Gasteiger partial charge is 0.361 e. The first-order valence-corrected chi connectivity index (χ1v) is 11.1. The number of halogens is 3. The molecule has 0 aromatic carbocycles. The number of hydrogen-bond acceptors (Lipinski definition) is 5. The zero-order valence-electron chi connectivity index (χ0n) is 19.9. The first-order valence-electron chi connectivity index (χ1n) is 11.1. The van der Waals surface area contributed by atoms with Gasteiger partial charge >= 0.3 is 6.18 Å². The highest BCUT2D eigenvalue weighted by atomic mass is 19.4. The molecule has 33 heavy (non-hydrogen) atoms. The predicted molar refractivity (Wildman–Crippen MR) is 114 cm³/mol. The molecule has 3 amide bonds. The molecule has 1 aromatic rings. The maximum Gasteiger partial charge on any atom is 0.391 e. The summed E-state index contributed by atoms with van der Waals surface area (Å²) in [5.74, 6) is -1.96. The number of nitrogens with zero attached hydrogens (tertiary/aromatic N) is 2. The molecule has 11 heteroatoms. The van der Waals surface area contributed by atoms with E-state index < -0.39 is 54.4 Å². The lowest BCUT2D eigenvalue weighted by molar-refractivity contribution is -0.148. The largest absolute Gasteiger partial charge is 0.391 e. The lowest BCUT2D eigenvalue weighted by atomic mass is 9.99. The highest BCUT2D eigenvalue weighted by molar-refractivity contribution is 5.99. The second-order valence-corrected chi connectivity index (χ2v) is 9.26. The third-order valence-electron chi connectivity index (χ3n) is 5.90. The first kappa shape index (κ1) is 26.7. The van der Waals surface area contributed by atoms with Crippen LogP contribution in [0.2, 0.25) is 0 Å². The number of aromatic nitrogens is 1. The fourth-order valence-electron chi connectivity index (χ4n) is 4.00. The van der Waals surface area contributed by atoms with Crippen LogP contribution in [-0.4, -0.2) is 58.6 Å². The molecule has 0 bridgehead atoms. The zero-order valence-corrected chi connectivity index (χ0v) is 19.9. The minimum absolute atomic E-state index is 0.246. The van der Waals surface area contributed by atoms with E-state index in [-0.39, 0.29) is 18.0 Å². The second-order valence-electron chi connectivity index (χ2n) is 9.26. The van der Waals surface area contributed by atoms with E-state index in [1.807, 2.05) is 0 Å². The van der Waals surface area contributed by atoms with E-state index in [1.54, 1.807) is 41.5 Å². The van der Waals surface area contributed by atoms with E-state index in [4.69, 9.17) is 4.52 Å². The Labute approximate surface area is 191 Å². The molecule has 1 saturated heterocycles. The predicted octanol–water partition coefficient (Wildman–Crippen LogP) is 3.13. The van der Waals surface area contributed by atoms with E-state index in [0.717, 1.165) is 0 Å². The molecule has 0 spiro atoms. The third kappa shape index (κ3) is 6.70. The number of alkyl halides is 3. The van der Waals surface area contributed by atoms with Crippen molar-refractivity contribution < 1.29 is 32.1 Å². The molecule has 0 unspecified atom stereocenters. The van der Waals surface area contributed by atoms with Gasteiger partial charge < -0.3 is 20.1 Å². The molecule has 2 N–H and O–H groups in total. The number of likely N-dealkylation sites (tertiary alicyclic amines) is 1. The maximum absolute atomic E-state index is 13.3. The number of aryl methyl sites for hydroxylation is 2. The number of rotatable bonds is 8. The Kier molecular flexibility index (Phi) is 8.53. The standard InChI is InChI=1S/C22H33F3N4O4/c1-11(2)15(10-22(23,24)25)26-19(30)16-8-7-9-29(16)21(32)18(12(3)4)27-20(31)17-13(5)28-33-14(17)6/h11-12,15-16,18H,7-10H2,1-6H3,(H,26,30)(H,27,31)/t15-,16+,18+/m1/s1. The second kappa shape index (κ2) is 10.6. The fraction of sp³-hybridized carbons (Fsp3) is 0.727. The van der Waals surface area contributed by atoms with Gasteiger partial charge in [-0.15, -0.1) is 0 Å². The highest BCUT2D eigenvalue weighted by Gasteiger charge is 2.41. The summed E-state index contributed by atoms with van der Waals surface area (Å²) in [7, 11) is 0. The van der Waals surface area contributed by atoms with Gasteiger partial charge in [0.15, 0.2) is 0 Å². The van der Waals surface area contributed by atoms with Gasteiger partial charge in [-0.1, -0.05) is 32.9 Å². The molecule has 0 aliphatic carbocycles. The van der Waals surface area contributed by atoms with Crippen LogP contribution in [0.1, 0.15) is 68.8 Å². The van der Waals surface area contributed by atoms with Gasteiger partial charge in [-0.05, 0) is 38.5 Å². The summed E-state index contributed by atoms with van der Waals surface area (Å²) in [5.41, 5.74) is 0.638.